The topological polar surface area (TPSA) is 49.3 Å². The molecule has 0 saturated heterocycles. The van der Waals surface area contributed by atoms with Crippen molar-refractivity contribution in [2.24, 2.45) is 5.41 Å². The summed E-state index contributed by atoms with van der Waals surface area (Å²) in [7, 11) is 0. The minimum Gasteiger partial charge on any atom is -0.388 e. The lowest BCUT2D eigenvalue weighted by Gasteiger charge is -2.40. The second kappa shape index (κ2) is 6.56. The molecule has 2 rings (SSSR count). The average molecular weight is 293 g/mol. The summed E-state index contributed by atoms with van der Waals surface area (Å²) in [5, 5.41) is 13.2. The van der Waals surface area contributed by atoms with E-state index in [0.29, 0.717) is 12.0 Å². The van der Waals surface area contributed by atoms with E-state index >= 15 is 0 Å². The summed E-state index contributed by atoms with van der Waals surface area (Å²) in [5.74, 6) is -0.211. The molecule has 1 amide bonds. The van der Waals surface area contributed by atoms with Crippen molar-refractivity contribution in [2.75, 3.05) is 0 Å². The van der Waals surface area contributed by atoms with Gasteiger partial charge >= 0.3 is 0 Å². The Hall–Kier alpha value is -1.42. The minimum atomic E-state index is -0.695. The molecule has 1 aromatic carbocycles. The number of aliphatic hydroxyl groups is 1. The quantitative estimate of drug-likeness (QED) is 0.845. The molecular weight excluding hydrogens is 269 g/mol. The van der Waals surface area contributed by atoms with Crippen LogP contribution < -0.4 is 5.32 Å². The van der Waals surface area contributed by atoms with E-state index < -0.39 is 6.10 Å². The second-order valence-corrected chi connectivity index (χ2v) is 6.16. The number of rotatable bonds is 6. The number of halogens is 1. The molecule has 0 aliphatic heterocycles. The maximum atomic E-state index is 12.9. The van der Waals surface area contributed by atoms with Crippen molar-refractivity contribution < 1.29 is 14.3 Å². The lowest BCUT2D eigenvalue weighted by atomic mass is 9.66. The summed E-state index contributed by atoms with van der Waals surface area (Å²) >= 11 is 0. The van der Waals surface area contributed by atoms with E-state index in [1.54, 1.807) is 12.1 Å². The van der Waals surface area contributed by atoms with Crippen molar-refractivity contribution >= 4 is 5.91 Å². The van der Waals surface area contributed by atoms with Gasteiger partial charge in [0.1, 0.15) is 5.82 Å². The molecule has 21 heavy (non-hydrogen) atoms. The Labute approximate surface area is 125 Å². The largest absolute Gasteiger partial charge is 0.388 e. The smallest absolute Gasteiger partial charge is 0.226 e. The van der Waals surface area contributed by atoms with E-state index in [-0.39, 0.29) is 23.2 Å². The molecule has 0 radical (unpaired) electrons. The lowest BCUT2D eigenvalue weighted by Crippen LogP contribution is -2.48. The third kappa shape index (κ3) is 3.62. The van der Waals surface area contributed by atoms with Gasteiger partial charge in [-0.15, -0.1) is 0 Å². The Balaban J connectivity index is 1.87. The normalized spacial score (nSPS) is 19.4. The number of carbonyl (C=O) groups excluding carboxylic acids is 1. The van der Waals surface area contributed by atoms with Crippen LogP contribution in [-0.4, -0.2) is 17.1 Å². The Morgan fingerprint density at radius 2 is 2.00 bits per heavy atom. The minimum absolute atomic E-state index is 0.107. The number of amides is 1. The second-order valence-electron chi connectivity index (χ2n) is 6.16. The number of hydrogen-bond acceptors (Lipinski definition) is 2. The van der Waals surface area contributed by atoms with Crippen LogP contribution in [0.4, 0.5) is 4.39 Å². The highest BCUT2D eigenvalue weighted by molar-refractivity contribution is 5.83. The van der Waals surface area contributed by atoms with Gasteiger partial charge in [0.15, 0.2) is 0 Å². The molecule has 116 valence electrons. The maximum Gasteiger partial charge on any atom is 0.226 e. The summed E-state index contributed by atoms with van der Waals surface area (Å²) in [5.41, 5.74) is 0.487. The molecule has 1 saturated carbocycles. The van der Waals surface area contributed by atoms with E-state index in [1.807, 2.05) is 6.92 Å². The van der Waals surface area contributed by atoms with Crippen molar-refractivity contribution in [1.82, 2.24) is 5.32 Å². The molecule has 2 N–H and O–H groups in total. The first-order chi connectivity index (χ1) is 9.97. The SMILES string of the molecule is CCC1(C(=O)NC(C)CC(O)c2ccc(F)cc2)CCC1. The van der Waals surface area contributed by atoms with E-state index in [1.165, 1.54) is 12.1 Å². The fraction of sp³-hybridized carbons (Fsp3) is 0.588. The zero-order valence-electron chi connectivity index (χ0n) is 12.7. The van der Waals surface area contributed by atoms with Crippen LogP contribution in [0.1, 0.15) is 57.6 Å². The van der Waals surface area contributed by atoms with Gasteiger partial charge in [-0.25, -0.2) is 4.39 Å². The van der Waals surface area contributed by atoms with E-state index in [0.717, 1.165) is 25.7 Å². The van der Waals surface area contributed by atoms with E-state index in [9.17, 15) is 14.3 Å². The van der Waals surface area contributed by atoms with Crippen LogP contribution in [0.2, 0.25) is 0 Å². The molecule has 1 fully saturated rings. The Kier molecular flexibility index (Phi) is 4.99. The van der Waals surface area contributed by atoms with Crippen LogP contribution in [0.3, 0.4) is 0 Å². The lowest BCUT2D eigenvalue weighted by molar-refractivity contribution is -0.137. The molecule has 1 aliphatic rings. The van der Waals surface area contributed by atoms with Gasteiger partial charge in [-0.3, -0.25) is 4.79 Å². The van der Waals surface area contributed by atoms with Gasteiger partial charge in [0, 0.05) is 11.5 Å². The maximum absolute atomic E-state index is 12.9. The number of benzene rings is 1. The highest BCUT2D eigenvalue weighted by Gasteiger charge is 2.42. The van der Waals surface area contributed by atoms with Gasteiger partial charge in [0.25, 0.3) is 0 Å². The zero-order valence-corrected chi connectivity index (χ0v) is 12.7. The van der Waals surface area contributed by atoms with Crippen LogP contribution in [0.5, 0.6) is 0 Å². The van der Waals surface area contributed by atoms with Gasteiger partial charge in [-0.1, -0.05) is 25.5 Å². The highest BCUT2D eigenvalue weighted by atomic mass is 19.1. The Morgan fingerprint density at radius 1 is 1.38 bits per heavy atom. The van der Waals surface area contributed by atoms with Crippen LogP contribution >= 0.6 is 0 Å². The molecule has 0 heterocycles. The third-order valence-corrected chi connectivity index (χ3v) is 4.68. The zero-order chi connectivity index (χ0) is 15.5. The van der Waals surface area contributed by atoms with E-state index in [4.69, 9.17) is 0 Å². The molecule has 1 aliphatic carbocycles. The number of carbonyl (C=O) groups is 1. The summed E-state index contributed by atoms with van der Waals surface area (Å²) in [6.45, 7) is 3.95. The Morgan fingerprint density at radius 3 is 2.48 bits per heavy atom. The van der Waals surface area contributed by atoms with Gasteiger partial charge in [-0.05, 0) is 50.3 Å². The van der Waals surface area contributed by atoms with Gasteiger partial charge < -0.3 is 10.4 Å². The molecule has 3 nitrogen and oxygen atoms in total. The summed E-state index contributed by atoms with van der Waals surface area (Å²) in [4.78, 5) is 12.3. The first-order valence-electron chi connectivity index (χ1n) is 7.71. The molecule has 0 bridgehead atoms. The summed E-state index contributed by atoms with van der Waals surface area (Å²) in [6, 6.07) is 5.72. The fourth-order valence-corrected chi connectivity index (χ4v) is 2.94. The molecule has 0 aromatic heterocycles. The van der Waals surface area contributed by atoms with Crippen molar-refractivity contribution in [1.29, 1.82) is 0 Å². The van der Waals surface area contributed by atoms with Gasteiger partial charge in [-0.2, -0.15) is 0 Å². The summed E-state index contributed by atoms with van der Waals surface area (Å²) < 4.78 is 12.9. The van der Waals surface area contributed by atoms with Crippen LogP contribution in [-0.2, 0) is 4.79 Å². The Bertz CT molecular complexity index is 477. The van der Waals surface area contributed by atoms with Gasteiger partial charge in [0.2, 0.25) is 5.91 Å². The average Bonchev–Trinajstić information content (AvgIpc) is 2.38. The van der Waals surface area contributed by atoms with Gasteiger partial charge in [0.05, 0.1) is 6.10 Å². The summed E-state index contributed by atoms with van der Waals surface area (Å²) in [6.07, 6.45) is 3.64. The predicted octanol–water partition coefficient (Wildman–Crippen LogP) is 3.33. The molecule has 0 spiro atoms. The first-order valence-corrected chi connectivity index (χ1v) is 7.71. The molecule has 2 unspecified atom stereocenters. The van der Waals surface area contributed by atoms with Crippen molar-refractivity contribution in [3.8, 4) is 0 Å². The number of hydrogen-bond donors (Lipinski definition) is 2. The molecular formula is C17H24FNO2. The van der Waals surface area contributed by atoms with Crippen LogP contribution in [0.15, 0.2) is 24.3 Å². The molecule has 4 heteroatoms. The number of nitrogens with one attached hydrogen (secondary N) is 1. The van der Waals surface area contributed by atoms with Crippen LogP contribution in [0.25, 0.3) is 0 Å². The predicted molar refractivity (Wildman–Crippen MR) is 80.2 cm³/mol. The van der Waals surface area contributed by atoms with Crippen molar-refractivity contribution in [2.45, 2.75) is 58.1 Å². The fourth-order valence-electron chi connectivity index (χ4n) is 2.94. The standard InChI is InChI=1S/C17H24FNO2/c1-3-17(9-4-10-17)16(21)19-12(2)11-15(20)13-5-7-14(18)8-6-13/h5-8,12,15,20H,3-4,9-11H2,1-2H3,(H,19,21). The molecule has 1 aromatic rings. The number of aliphatic hydroxyl groups excluding tert-OH is 1. The van der Waals surface area contributed by atoms with Crippen molar-refractivity contribution in [3.63, 3.8) is 0 Å². The monoisotopic (exact) mass is 293 g/mol. The third-order valence-electron chi connectivity index (χ3n) is 4.68. The first kappa shape index (κ1) is 16.0. The van der Waals surface area contributed by atoms with Crippen molar-refractivity contribution in [3.05, 3.63) is 35.6 Å². The molecule has 2 atom stereocenters. The highest BCUT2D eigenvalue weighted by Crippen LogP contribution is 2.44. The van der Waals surface area contributed by atoms with Crippen LogP contribution in [0, 0.1) is 11.2 Å². The van der Waals surface area contributed by atoms with E-state index in [2.05, 4.69) is 12.2 Å².